The molecule has 0 spiro atoms. The molecule has 2 rings (SSSR count). The first-order valence-corrected chi connectivity index (χ1v) is 4.97. The molecule has 88 valence electrons. The van der Waals surface area contributed by atoms with Crippen LogP contribution in [0.3, 0.4) is 0 Å². The number of hydrogen-bond acceptors (Lipinski definition) is 5. The summed E-state index contributed by atoms with van der Waals surface area (Å²) in [6, 6.07) is 0. The molecule has 2 N–H and O–H groups in total. The molecule has 0 aliphatic heterocycles. The van der Waals surface area contributed by atoms with Crippen LogP contribution < -0.4 is 10.9 Å². The number of nitrogens with one attached hydrogen (secondary N) is 2. The maximum atomic E-state index is 11.9. The number of nitrogens with zero attached hydrogens (tertiary/aromatic N) is 2. The molecular formula is C10H10N4O3. The number of rotatable bonds is 3. The fourth-order valence-corrected chi connectivity index (χ4v) is 1.32. The van der Waals surface area contributed by atoms with E-state index in [-0.39, 0.29) is 10.9 Å². The van der Waals surface area contributed by atoms with E-state index in [0.717, 1.165) is 0 Å². The first-order chi connectivity index (χ1) is 8.24. The fourth-order valence-electron chi connectivity index (χ4n) is 1.32. The van der Waals surface area contributed by atoms with E-state index in [9.17, 15) is 9.59 Å². The van der Waals surface area contributed by atoms with Crippen LogP contribution in [-0.4, -0.2) is 27.5 Å². The number of carbonyl (C=O) groups is 1. The zero-order valence-electron chi connectivity index (χ0n) is 9.06. The summed E-state index contributed by atoms with van der Waals surface area (Å²) >= 11 is 0. The lowest BCUT2D eigenvalue weighted by Crippen LogP contribution is -2.29. The van der Waals surface area contributed by atoms with E-state index >= 15 is 0 Å². The van der Waals surface area contributed by atoms with Crippen molar-refractivity contribution in [1.82, 2.24) is 20.4 Å². The molecule has 0 saturated carbocycles. The van der Waals surface area contributed by atoms with Gasteiger partial charge in [0.2, 0.25) is 5.43 Å². The van der Waals surface area contributed by atoms with E-state index in [1.165, 1.54) is 18.7 Å². The Bertz CT molecular complexity index is 608. The number of pyridine rings is 1. The quantitative estimate of drug-likeness (QED) is 0.728. The summed E-state index contributed by atoms with van der Waals surface area (Å²) in [6.07, 6.45) is 3.98. The van der Waals surface area contributed by atoms with Crippen molar-refractivity contribution in [2.24, 2.45) is 0 Å². The maximum Gasteiger partial charge on any atom is 0.280 e. The van der Waals surface area contributed by atoms with Gasteiger partial charge in [-0.25, -0.2) is 15.4 Å². The van der Waals surface area contributed by atoms with Crippen molar-refractivity contribution in [1.29, 1.82) is 0 Å². The normalized spacial score (nSPS) is 10.4. The second-order valence-corrected chi connectivity index (χ2v) is 3.18. The lowest BCUT2D eigenvalue weighted by atomic mass is 10.2. The van der Waals surface area contributed by atoms with Gasteiger partial charge in [-0.3, -0.25) is 14.4 Å². The van der Waals surface area contributed by atoms with Crippen molar-refractivity contribution in [3.05, 3.63) is 34.5 Å². The Kier molecular flexibility index (Phi) is 3.10. The van der Waals surface area contributed by atoms with Gasteiger partial charge in [0.1, 0.15) is 17.5 Å². The molecule has 0 aliphatic carbocycles. The van der Waals surface area contributed by atoms with Gasteiger partial charge in [-0.05, 0) is 6.92 Å². The van der Waals surface area contributed by atoms with E-state index in [2.05, 4.69) is 20.4 Å². The highest BCUT2D eigenvalue weighted by Crippen LogP contribution is 2.02. The molecule has 2 aromatic rings. The summed E-state index contributed by atoms with van der Waals surface area (Å²) in [5.74, 6) is -0.598. The minimum absolute atomic E-state index is 0.0410. The third-order valence-corrected chi connectivity index (χ3v) is 2.11. The van der Waals surface area contributed by atoms with Crippen LogP contribution in [0.5, 0.6) is 0 Å². The van der Waals surface area contributed by atoms with Crippen LogP contribution in [0.1, 0.15) is 17.3 Å². The smallest absolute Gasteiger partial charge is 0.280 e. The highest BCUT2D eigenvalue weighted by molar-refractivity contribution is 5.95. The summed E-state index contributed by atoms with van der Waals surface area (Å²) in [4.78, 5) is 38.6. The molecule has 0 atom stereocenters. The average Bonchev–Trinajstić information content (AvgIpc) is 2.37. The first kappa shape index (κ1) is 11.2. The SMILES string of the molecule is CCONC(=O)c1c[nH]c2ncncc2c1=O. The average molecular weight is 234 g/mol. The van der Waals surface area contributed by atoms with Crippen LogP contribution in [0.25, 0.3) is 11.0 Å². The molecule has 0 radical (unpaired) electrons. The number of hydroxylamine groups is 1. The van der Waals surface area contributed by atoms with Gasteiger partial charge in [-0.15, -0.1) is 0 Å². The maximum absolute atomic E-state index is 11.9. The van der Waals surface area contributed by atoms with Crippen molar-refractivity contribution in [2.75, 3.05) is 6.61 Å². The second kappa shape index (κ2) is 4.71. The first-order valence-electron chi connectivity index (χ1n) is 4.97. The number of aromatic amines is 1. The van der Waals surface area contributed by atoms with Crippen molar-refractivity contribution in [2.45, 2.75) is 6.92 Å². The number of fused-ring (bicyclic) bond motifs is 1. The summed E-state index contributed by atoms with van der Waals surface area (Å²) in [5.41, 5.74) is 2.07. The van der Waals surface area contributed by atoms with Crippen LogP contribution in [-0.2, 0) is 4.84 Å². The minimum Gasteiger partial charge on any atom is -0.345 e. The van der Waals surface area contributed by atoms with Gasteiger partial charge < -0.3 is 4.98 Å². The number of H-pyrrole nitrogens is 1. The Morgan fingerprint density at radius 3 is 3.18 bits per heavy atom. The number of carbonyl (C=O) groups excluding carboxylic acids is 1. The van der Waals surface area contributed by atoms with Crippen molar-refractivity contribution in [3.8, 4) is 0 Å². The summed E-state index contributed by atoms with van der Waals surface area (Å²) in [5, 5.41) is 0.261. The molecule has 0 fully saturated rings. The van der Waals surface area contributed by atoms with E-state index in [1.807, 2.05) is 0 Å². The number of aromatic nitrogens is 3. The largest absolute Gasteiger partial charge is 0.345 e. The molecule has 7 nitrogen and oxygen atoms in total. The van der Waals surface area contributed by atoms with E-state index in [4.69, 9.17) is 4.84 Å². The molecule has 0 bridgehead atoms. The van der Waals surface area contributed by atoms with Gasteiger partial charge in [0.25, 0.3) is 5.91 Å². The number of hydrogen-bond donors (Lipinski definition) is 2. The zero-order chi connectivity index (χ0) is 12.3. The van der Waals surface area contributed by atoms with Gasteiger partial charge in [-0.1, -0.05) is 0 Å². The van der Waals surface area contributed by atoms with Crippen LogP contribution >= 0.6 is 0 Å². The van der Waals surface area contributed by atoms with Crippen LogP contribution in [0.4, 0.5) is 0 Å². The van der Waals surface area contributed by atoms with Gasteiger partial charge >= 0.3 is 0 Å². The molecule has 17 heavy (non-hydrogen) atoms. The minimum atomic E-state index is -0.598. The zero-order valence-corrected chi connectivity index (χ0v) is 9.06. The van der Waals surface area contributed by atoms with Gasteiger partial charge in [0.05, 0.1) is 12.0 Å². The topological polar surface area (TPSA) is 97.0 Å². The van der Waals surface area contributed by atoms with Crippen molar-refractivity contribution in [3.63, 3.8) is 0 Å². The van der Waals surface area contributed by atoms with Crippen LogP contribution in [0, 0.1) is 0 Å². The predicted octanol–water partition coefficient (Wildman–Crippen LogP) is -0.000600. The Hall–Kier alpha value is -2.28. The van der Waals surface area contributed by atoms with E-state index in [1.54, 1.807) is 6.92 Å². The molecule has 2 heterocycles. The second-order valence-electron chi connectivity index (χ2n) is 3.18. The molecule has 1 amide bonds. The molecule has 0 aromatic carbocycles. The third kappa shape index (κ3) is 2.13. The molecule has 0 aliphatic rings. The highest BCUT2D eigenvalue weighted by atomic mass is 16.6. The molecule has 7 heteroatoms. The molecule has 0 unspecified atom stereocenters. The lowest BCUT2D eigenvalue weighted by Gasteiger charge is -2.03. The Morgan fingerprint density at radius 1 is 1.59 bits per heavy atom. The monoisotopic (exact) mass is 234 g/mol. The van der Waals surface area contributed by atoms with Gasteiger partial charge in [0, 0.05) is 12.4 Å². The number of amides is 1. The Labute approximate surface area is 95.8 Å². The van der Waals surface area contributed by atoms with Crippen molar-refractivity contribution >= 4 is 16.9 Å². The van der Waals surface area contributed by atoms with Crippen molar-refractivity contribution < 1.29 is 9.63 Å². The van der Waals surface area contributed by atoms with Crippen LogP contribution in [0.15, 0.2) is 23.5 Å². The fraction of sp³-hybridized carbons (Fsp3) is 0.200. The lowest BCUT2D eigenvalue weighted by molar-refractivity contribution is 0.0363. The standard InChI is InChI=1S/C10H10N4O3/c1-2-17-14-10(16)7-4-12-9-6(8(7)15)3-11-5-13-9/h3-5H,2H2,1H3,(H,14,16)(H,11,12,13,15). The predicted molar refractivity (Wildman–Crippen MR) is 59.3 cm³/mol. The highest BCUT2D eigenvalue weighted by Gasteiger charge is 2.13. The summed E-state index contributed by atoms with van der Waals surface area (Å²) in [6.45, 7) is 2.04. The van der Waals surface area contributed by atoms with Gasteiger partial charge in [0.15, 0.2) is 0 Å². The Morgan fingerprint density at radius 2 is 2.41 bits per heavy atom. The molecule has 0 saturated heterocycles. The van der Waals surface area contributed by atoms with Crippen LogP contribution in [0.2, 0.25) is 0 Å². The Balaban J connectivity index is 2.46. The van der Waals surface area contributed by atoms with Gasteiger partial charge in [-0.2, -0.15) is 0 Å². The molecule has 2 aromatic heterocycles. The van der Waals surface area contributed by atoms with E-state index in [0.29, 0.717) is 12.3 Å². The third-order valence-electron chi connectivity index (χ3n) is 2.11. The molecular weight excluding hydrogens is 224 g/mol. The summed E-state index contributed by atoms with van der Waals surface area (Å²) in [7, 11) is 0. The van der Waals surface area contributed by atoms with E-state index < -0.39 is 11.3 Å². The summed E-state index contributed by atoms with van der Waals surface area (Å²) < 4.78 is 0.